The Morgan fingerprint density at radius 3 is 2.58 bits per heavy atom. The summed E-state index contributed by atoms with van der Waals surface area (Å²) in [5, 5.41) is 14.7. The minimum atomic E-state index is -1.27. The summed E-state index contributed by atoms with van der Waals surface area (Å²) in [6.07, 6.45) is 0.00159. The monoisotopic (exact) mass is 270 g/mol. The van der Waals surface area contributed by atoms with Crippen LogP contribution >= 0.6 is 0 Å². The topological polar surface area (TPSA) is 151 Å². The molecule has 0 aromatic rings. The van der Waals surface area contributed by atoms with Crippen molar-refractivity contribution in [3.63, 3.8) is 0 Å². The highest BCUT2D eigenvalue weighted by molar-refractivity contribution is 6.39. The summed E-state index contributed by atoms with van der Waals surface area (Å²) in [5.74, 6) is -2.91. The van der Waals surface area contributed by atoms with Gasteiger partial charge < -0.3 is 16.2 Å². The highest BCUT2D eigenvalue weighted by atomic mass is 16.4. The third kappa shape index (κ3) is 4.74. The van der Waals surface area contributed by atoms with Crippen LogP contribution in [0.1, 0.15) is 25.7 Å². The number of hydrogen-bond acceptors (Lipinski definition) is 5. The van der Waals surface area contributed by atoms with E-state index in [9.17, 15) is 19.2 Å². The predicted octanol–water partition coefficient (Wildman–Crippen LogP) is -1.91. The maximum absolute atomic E-state index is 11.7. The van der Waals surface area contributed by atoms with Crippen LogP contribution in [0.3, 0.4) is 0 Å². The van der Waals surface area contributed by atoms with Crippen LogP contribution in [0.25, 0.3) is 0 Å². The van der Waals surface area contributed by atoms with Gasteiger partial charge in [-0.15, -0.1) is 0 Å². The molecule has 0 saturated heterocycles. The number of nitrogens with one attached hydrogen (secondary N) is 2. The molecule has 0 radical (unpaired) electrons. The minimum absolute atomic E-state index is 0.0462. The van der Waals surface area contributed by atoms with Gasteiger partial charge in [0.25, 0.3) is 5.91 Å². The smallest absolute Gasteiger partial charge is 0.326 e. The number of carbonyl (C=O) groups excluding carboxylic acids is 3. The summed E-state index contributed by atoms with van der Waals surface area (Å²) >= 11 is 0. The number of hydrogen-bond donors (Lipinski definition) is 4. The van der Waals surface area contributed by atoms with Crippen molar-refractivity contribution in [1.82, 2.24) is 10.7 Å². The molecule has 1 heterocycles. The number of aliphatic carboxylic acids is 1. The fraction of sp³-hybridized carbons (Fsp3) is 0.500. The van der Waals surface area contributed by atoms with Crippen molar-refractivity contribution in [3.05, 3.63) is 0 Å². The summed E-state index contributed by atoms with van der Waals surface area (Å²) in [5.41, 5.74) is 7.09. The quantitative estimate of drug-likeness (QED) is 0.444. The minimum Gasteiger partial charge on any atom is -0.480 e. The fourth-order valence-electron chi connectivity index (χ4n) is 1.42. The van der Waals surface area contributed by atoms with Gasteiger partial charge in [0.15, 0.2) is 0 Å². The van der Waals surface area contributed by atoms with Crippen molar-refractivity contribution in [2.24, 2.45) is 10.8 Å². The molecular formula is C10H14N4O5. The van der Waals surface area contributed by atoms with E-state index >= 15 is 0 Å². The molecule has 104 valence electrons. The molecule has 1 aliphatic rings. The Morgan fingerprint density at radius 1 is 1.42 bits per heavy atom. The number of amides is 3. The van der Waals surface area contributed by atoms with E-state index < -0.39 is 23.8 Å². The van der Waals surface area contributed by atoms with E-state index in [1.807, 2.05) is 0 Å². The molecule has 0 saturated carbocycles. The molecule has 0 fully saturated rings. The summed E-state index contributed by atoms with van der Waals surface area (Å²) in [6.45, 7) is 0. The lowest BCUT2D eigenvalue weighted by atomic mass is 10.1. The molecule has 0 spiro atoms. The first kappa shape index (κ1) is 14.6. The van der Waals surface area contributed by atoms with E-state index in [0.717, 1.165) is 0 Å². The SMILES string of the molecule is NC(=O)CC[C@H](NC(=O)C1=NNC(=O)CC1)C(=O)O. The van der Waals surface area contributed by atoms with Crippen LogP contribution in [0.2, 0.25) is 0 Å². The van der Waals surface area contributed by atoms with Crippen LogP contribution in [0.15, 0.2) is 5.10 Å². The number of nitrogens with two attached hydrogens (primary N) is 1. The number of hydrazone groups is 1. The zero-order valence-corrected chi connectivity index (χ0v) is 10.0. The lowest BCUT2D eigenvalue weighted by Gasteiger charge is -2.16. The average Bonchev–Trinajstić information content (AvgIpc) is 2.34. The van der Waals surface area contributed by atoms with Crippen LogP contribution < -0.4 is 16.5 Å². The Morgan fingerprint density at radius 2 is 2.11 bits per heavy atom. The van der Waals surface area contributed by atoms with Crippen LogP contribution in [0.5, 0.6) is 0 Å². The normalized spacial score (nSPS) is 16.0. The van der Waals surface area contributed by atoms with Crippen LogP contribution in [0, 0.1) is 0 Å². The predicted molar refractivity (Wildman–Crippen MR) is 62.8 cm³/mol. The number of rotatable bonds is 6. The van der Waals surface area contributed by atoms with Crippen LogP contribution in [0.4, 0.5) is 0 Å². The van der Waals surface area contributed by atoms with Gasteiger partial charge in [0.05, 0.1) is 0 Å². The largest absolute Gasteiger partial charge is 0.480 e. The van der Waals surface area contributed by atoms with Crippen LogP contribution in [-0.4, -0.2) is 40.6 Å². The number of carbonyl (C=O) groups is 4. The zero-order valence-electron chi connectivity index (χ0n) is 10.0. The van der Waals surface area contributed by atoms with E-state index in [2.05, 4.69) is 15.8 Å². The van der Waals surface area contributed by atoms with Gasteiger partial charge in [-0.05, 0) is 6.42 Å². The Kier molecular flexibility index (Phi) is 4.98. The van der Waals surface area contributed by atoms with E-state index in [4.69, 9.17) is 10.8 Å². The van der Waals surface area contributed by atoms with E-state index in [1.54, 1.807) is 0 Å². The standard InChI is InChI=1S/C10H14N4O5/c11-7(15)3-1-6(10(18)19)12-9(17)5-2-4-8(16)14-13-5/h6H,1-4H2,(H2,11,15)(H,12,17)(H,14,16)(H,18,19)/t6-/m0/s1. The third-order valence-electron chi connectivity index (χ3n) is 2.45. The molecule has 0 aromatic heterocycles. The molecule has 9 nitrogen and oxygen atoms in total. The van der Waals surface area contributed by atoms with Crippen molar-refractivity contribution in [3.8, 4) is 0 Å². The molecular weight excluding hydrogens is 256 g/mol. The number of carboxylic acid groups (broad SMARTS) is 1. The first-order valence-electron chi connectivity index (χ1n) is 5.57. The summed E-state index contributed by atoms with van der Waals surface area (Å²) in [7, 11) is 0. The molecule has 0 bridgehead atoms. The van der Waals surface area contributed by atoms with Gasteiger partial charge in [-0.25, -0.2) is 10.2 Å². The first-order chi connectivity index (χ1) is 8.90. The van der Waals surface area contributed by atoms with Gasteiger partial charge >= 0.3 is 5.97 Å². The van der Waals surface area contributed by atoms with Crippen molar-refractivity contribution in [2.75, 3.05) is 0 Å². The van der Waals surface area contributed by atoms with Gasteiger partial charge in [0, 0.05) is 19.3 Å². The van der Waals surface area contributed by atoms with E-state index in [1.165, 1.54) is 0 Å². The molecule has 0 aromatic carbocycles. The lowest BCUT2D eigenvalue weighted by Crippen LogP contribution is -2.46. The fourth-order valence-corrected chi connectivity index (χ4v) is 1.42. The molecule has 5 N–H and O–H groups in total. The average molecular weight is 270 g/mol. The molecule has 1 aliphatic heterocycles. The molecule has 9 heteroatoms. The van der Waals surface area contributed by atoms with E-state index in [0.29, 0.717) is 0 Å². The van der Waals surface area contributed by atoms with Crippen molar-refractivity contribution < 1.29 is 24.3 Å². The van der Waals surface area contributed by atoms with Gasteiger partial charge in [-0.1, -0.05) is 0 Å². The molecule has 1 atom stereocenters. The number of nitrogens with zero attached hydrogens (tertiary/aromatic N) is 1. The van der Waals surface area contributed by atoms with Crippen LogP contribution in [-0.2, 0) is 19.2 Å². The third-order valence-corrected chi connectivity index (χ3v) is 2.45. The summed E-state index contributed by atoms with van der Waals surface area (Å²) in [6, 6.07) is -1.22. The second-order valence-corrected chi connectivity index (χ2v) is 3.96. The maximum Gasteiger partial charge on any atom is 0.326 e. The highest BCUT2D eigenvalue weighted by Gasteiger charge is 2.24. The summed E-state index contributed by atoms with van der Waals surface area (Å²) in [4.78, 5) is 44.0. The van der Waals surface area contributed by atoms with Crippen molar-refractivity contribution >= 4 is 29.4 Å². The first-order valence-corrected chi connectivity index (χ1v) is 5.57. The molecule has 19 heavy (non-hydrogen) atoms. The van der Waals surface area contributed by atoms with Gasteiger partial charge in [-0.3, -0.25) is 14.4 Å². The summed E-state index contributed by atoms with van der Waals surface area (Å²) < 4.78 is 0. The van der Waals surface area contributed by atoms with E-state index in [-0.39, 0.29) is 37.3 Å². The van der Waals surface area contributed by atoms with Crippen molar-refractivity contribution in [1.29, 1.82) is 0 Å². The Bertz CT molecular complexity index is 445. The Balaban J connectivity index is 2.58. The molecule has 3 amide bonds. The van der Waals surface area contributed by atoms with Gasteiger partial charge in [-0.2, -0.15) is 5.10 Å². The number of primary amides is 1. The Labute approximate surface area is 108 Å². The highest BCUT2D eigenvalue weighted by Crippen LogP contribution is 2.02. The Hall–Kier alpha value is -2.45. The number of carboxylic acids is 1. The molecule has 0 unspecified atom stereocenters. The molecule has 1 rings (SSSR count). The van der Waals surface area contributed by atoms with Gasteiger partial charge in [0.1, 0.15) is 11.8 Å². The van der Waals surface area contributed by atoms with Gasteiger partial charge in [0.2, 0.25) is 11.8 Å². The second-order valence-electron chi connectivity index (χ2n) is 3.96. The molecule has 0 aliphatic carbocycles. The lowest BCUT2D eigenvalue weighted by molar-refractivity contribution is -0.141. The van der Waals surface area contributed by atoms with Crippen molar-refractivity contribution in [2.45, 2.75) is 31.7 Å². The maximum atomic E-state index is 11.7. The second kappa shape index (κ2) is 6.47. The zero-order chi connectivity index (χ0) is 14.4.